The van der Waals surface area contributed by atoms with Crippen molar-refractivity contribution < 1.29 is 9.21 Å². The van der Waals surface area contributed by atoms with Crippen LogP contribution in [0.25, 0.3) is 0 Å². The third-order valence-electron chi connectivity index (χ3n) is 3.94. The van der Waals surface area contributed by atoms with E-state index in [0.717, 1.165) is 18.8 Å². The standard InChI is InChI=1S/C16H17Br2N3O2/c17-11-5-6-14(18)20-15(11)16(22)19-10-12(13-4-3-9-23-13)21-7-1-2-8-21/h3-6,9,12H,1-2,7-8,10H2,(H,19,22)/t12-/m1/s1. The number of furan rings is 1. The van der Waals surface area contributed by atoms with Gasteiger partial charge < -0.3 is 9.73 Å². The zero-order chi connectivity index (χ0) is 16.2. The van der Waals surface area contributed by atoms with Gasteiger partial charge in [-0.05, 0) is 82.1 Å². The Morgan fingerprint density at radius 3 is 2.78 bits per heavy atom. The van der Waals surface area contributed by atoms with E-state index in [1.165, 1.54) is 12.8 Å². The van der Waals surface area contributed by atoms with Gasteiger partial charge in [0.25, 0.3) is 5.91 Å². The number of pyridine rings is 1. The summed E-state index contributed by atoms with van der Waals surface area (Å²) in [4.78, 5) is 19.0. The molecule has 7 heteroatoms. The lowest BCUT2D eigenvalue weighted by atomic mass is 10.2. The number of amides is 1. The van der Waals surface area contributed by atoms with Crippen molar-refractivity contribution in [2.24, 2.45) is 0 Å². The van der Waals surface area contributed by atoms with E-state index >= 15 is 0 Å². The number of hydrogen-bond donors (Lipinski definition) is 1. The Kier molecular flexibility index (Phi) is 5.50. The SMILES string of the molecule is O=C(NC[C@H](c1ccco1)N1CCCC1)c1nc(Br)ccc1Br. The Labute approximate surface area is 151 Å². The van der Waals surface area contributed by atoms with E-state index in [-0.39, 0.29) is 11.9 Å². The molecule has 0 saturated carbocycles. The summed E-state index contributed by atoms with van der Waals surface area (Å²) >= 11 is 6.66. The van der Waals surface area contributed by atoms with Crippen molar-refractivity contribution in [1.29, 1.82) is 0 Å². The van der Waals surface area contributed by atoms with E-state index in [9.17, 15) is 4.79 Å². The predicted octanol–water partition coefficient (Wildman–Crippen LogP) is 3.77. The normalized spacial score (nSPS) is 16.4. The van der Waals surface area contributed by atoms with Crippen molar-refractivity contribution >= 4 is 37.8 Å². The number of aromatic nitrogens is 1. The van der Waals surface area contributed by atoms with Crippen LogP contribution in [0.2, 0.25) is 0 Å². The highest BCUT2D eigenvalue weighted by molar-refractivity contribution is 9.11. The minimum absolute atomic E-state index is 0.0578. The van der Waals surface area contributed by atoms with Crippen LogP contribution in [-0.4, -0.2) is 35.4 Å². The van der Waals surface area contributed by atoms with E-state index in [0.29, 0.717) is 21.3 Å². The first kappa shape index (κ1) is 16.7. The molecular formula is C16H17Br2N3O2. The summed E-state index contributed by atoms with van der Waals surface area (Å²) in [6.07, 6.45) is 4.04. The molecule has 0 aliphatic carbocycles. The highest BCUT2D eigenvalue weighted by Crippen LogP contribution is 2.25. The number of nitrogens with zero attached hydrogens (tertiary/aromatic N) is 2. The highest BCUT2D eigenvalue weighted by Gasteiger charge is 2.26. The number of halogens is 2. The van der Waals surface area contributed by atoms with Gasteiger partial charge in [0.1, 0.15) is 16.1 Å². The molecule has 0 spiro atoms. The fraction of sp³-hybridized carbons (Fsp3) is 0.375. The maximum absolute atomic E-state index is 12.4. The molecule has 1 aliphatic rings. The van der Waals surface area contributed by atoms with Gasteiger partial charge in [0.05, 0.1) is 12.3 Å². The van der Waals surface area contributed by atoms with E-state index in [1.54, 1.807) is 18.4 Å². The fourth-order valence-corrected chi connectivity index (χ4v) is 3.50. The van der Waals surface area contributed by atoms with Gasteiger partial charge in [-0.2, -0.15) is 0 Å². The van der Waals surface area contributed by atoms with Crippen LogP contribution in [0.1, 0.15) is 35.1 Å². The molecule has 1 aliphatic heterocycles. The molecule has 2 aromatic rings. The Balaban J connectivity index is 1.71. The maximum atomic E-state index is 12.4. The number of carbonyl (C=O) groups excluding carboxylic acids is 1. The molecule has 1 N–H and O–H groups in total. The maximum Gasteiger partial charge on any atom is 0.271 e. The summed E-state index contributed by atoms with van der Waals surface area (Å²) in [5.74, 6) is 0.683. The van der Waals surface area contributed by atoms with Crippen LogP contribution in [0.5, 0.6) is 0 Å². The second kappa shape index (κ2) is 7.59. The van der Waals surface area contributed by atoms with Crippen molar-refractivity contribution in [3.63, 3.8) is 0 Å². The van der Waals surface area contributed by atoms with Crippen molar-refractivity contribution in [3.8, 4) is 0 Å². The number of likely N-dealkylation sites (tertiary alicyclic amines) is 1. The average molecular weight is 443 g/mol. The smallest absolute Gasteiger partial charge is 0.271 e. The highest BCUT2D eigenvalue weighted by atomic mass is 79.9. The topological polar surface area (TPSA) is 58.4 Å². The molecule has 2 aromatic heterocycles. The first-order valence-electron chi connectivity index (χ1n) is 7.53. The van der Waals surface area contributed by atoms with Gasteiger partial charge >= 0.3 is 0 Å². The molecule has 0 bridgehead atoms. The molecule has 0 radical (unpaired) electrons. The first-order valence-corrected chi connectivity index (χ1v) is 9.11. The molecule has 23 heavy (non-hydrogen) atoms. The molecule has 1 fully saturated rings. The average Bonchev–Trinajstić information content (AvgIpc) is 3.23. The van der Waals surface area contributed by atoms with E-state index in [1.807, 2.05) is 12.1 Å². The second-order valence-corrected chi connectivity index (χ2v) is 7.12. The van der Waals surface area contributed by atoms with Crippen molar-refractivity contribution in [2.45, 2.75) is 18.9 Å². The van der Waals surface area contributed by atoms with Gasteiger partial charge in [-0.1, -0.05) is 0 Å². The second-order valence-electron chi connectivity index (χ2n) is 5.45. The monoisotopic (exact) mass is 441 g/mol. The number of hydrogen-bond acceptors (Lipinski definition) is 4. The molecule has 1 amide bonds. The van der Waals surface area contributed by atoms with Crippen LogP contribution in [0.15, 0.2) is 44.0 Å². The summed E-state index contributed by atoms with van der Waals surface area (Å²) in [7, 11) is 0. The van der Waals surface area contributed by atoms with Gasteiger partial charge in [0.15, 0.2) is 0 Å². The lowest BCUT2D eigenvalue weighted by molar-refractivity contribution is 0.0927. The minimum Gasteiger partial charge on any atom is -0.468 e. The number of rotatable bonds is 5. The van der Waals surface area contributed by atoms with Gasteiger partial charge in [0, 0.05) is 11.0 Å². The molecule has 3 rings (SSSR count). The van der Waals surface area contributed by atoms with E-state index in [2.05, 4.69) is 47.1 Å². The Bertz CT molecular complexity index is 670. The lowest BCUT2D eigenvalue weighted by Crippen LogP contribution is -2.37. The molecule has 0 aromatic carbocycles. The van der Waals surface area contributed by atoms with Crippen LogP contribution < -0.4 is 5.32 Å². The summed E-state index contributed by atoms with van der Waals surface area (Å²) in [5.41, 5.74) is 0.374. The van der Waals surface area contributed by atoms with E-state index < -0.39 is 0 Å². The third kappa shape index (κ3) is 4.02. The largest absolute Gasteiger partial charge is 0.468 e. The zero-order valence-electron chi connectivity index (χ0n) is 12.5. The molecule has 122 valence electrons. The fourth-order valence-electron chi connectivity index (χ4n) is 2.79. The third-order valence-corrected chi connectivity index (χ3v) is 5.02. The van der Waals surface area contributed by atoms with Crippen LogP contribution in [0, 0.1) is 0 Å². The van der Waals surface area contributed by atoms with Gasteiger partial charge in [-0.25, -0.2) is 4.98 Å². The zero-order valence-corrected chi connectivity index (χ0v) is 15.6. The van der Waals surface area contributed by atoms with E-state index in [4.69, 9.17) is 4.42 Å². The summed E-state index contributed by atoms with van der Waals surface area (Å²) in [5, 5.41) is 2.98. The number of nitrogens with one attached hydrogen (secondary N) is 1. The molecule has 3 heterocycles. The Morgan fingerprint density at radius 2 is 2.09 bits per heavy atom. The van der Waals surface area contributed by atoms with Crippen LogP contribution in [0.3, 0.4) is 0 Å². The van der Waals surface area contributed by atoms with Crippen LogP contribution in [0.4, 0.5) is 0 Å². The quantitative estimate of drug-likeness (QED) is 0.716. The molecule has 1 atom stereocenters. The number of carbonyl (C=O) groups is 1. The lowest BCUT2D eigenvalue weighted by Gasteiger charge is -2.26. The molecule has 1 saturated heterocycles. The van der Waals surface area contributed by atoms with Crippen molar-refractivity contribution in [2.75, 3.05) is 19.6 Å². The van der Waals surface area contributed by atoms with Gasteiger partial charge in [-0.15, -0.1) is 0 Å². The van der Waals surface area contributed by atoms with Gasteiger partial charge in [-0.3, -0.25) is 9.69 Å². The molecular weight excluding hydrogens is 426 g/mol. The molecule has 5 nitrogen and oxygen atoms in total. The summed E-state index contributed by atoms with van der Waals surface area (Å²) in [6, 6.07) is 7.49. The Hall–Kier alpha value is -1.18. The van der Waals surface area contributed by atoms with Crippen molar-refractivity contribution in [1.82, 2.24) is 15.2 Å². The Morgan fingerprint density at radius 1 is 1.30 bits per heavy atom. The minimum atomic E-state index is -0.200. The first-order chi connectivity index (χ1) is 11.1. The van der Waals surface area contributed by atoms with Crippen LogP contribution >= 0.6 is 31.9 Å². The summed E-state index contributed by atoms with van der Waals surface area (Å²) in [6.45, 7) is 2.55. The van der Waals surface area contributed by atoms with Crippen LogP contribution in [-0.2, 0) is 0 Å². The summed E-state index contributed by atoms with van der Waals surface area (Å²) < 4.78 is 6.87. The van der Waals surface area contributed by atoms with Gasteiger partial charge in [0.2, 0.25) is 0 Å². The van der Waals surface area contributed by atoms with Crippen molar-refractivity contribution in [3.05, 3.63) is 51.1 Å². The predicted molar refractivity (Wildman–Crippen MR) is 94.2 cm³/mol. The molecule has 0 unspecified atom stereocenters.